The van der Waals surface area contributed by atoms with E-state index in [1.165, 1.54) is 18.6 Å². The number of rotatable bonds is 4. The number of amides is 2. The maximum atomic E-state index is 12.6. The van der Waals surface area contributed by atoms with Crippen LogP contribution < -0.4 is 16.4 Å². The second-order valence-electron chi connectivity index (χ2n) is 6.66. The molecule has 2 aromatic heterocycles. The van der Waals surface area contributed by atoms with E-state index in [-0.39, 0.29) is 17.5 Å². The standard InChI is InChI=1S/C22H18N6O2/c1-13-10-18(23)17-11-14(2-7-19(17)26-13)21(29)27-15-3-5-16(6-4-15)28-22(30)20-12-24-8-9-25-20/h2-12H,1H3,(H2,23,26)(H,27,29)(H,28,30). The summed E-state index contributed by atoms with van der Waals surface area (Å²) in [5.41, 5.74) is 10.1. The summed E-state index contributed by atoms with van der Waals surface area (Å²) in [7, 11) is 0. The van der Waals surface area contributed by atoms with Gasteiger partial charge in [-0.15, -0.1) is 0 Å². The van der Waals surface area contributed by atoms with Crippen LogP contribution in [0.25, 0.3) is 10.9 Å². The summed E-state index contributed by atoms with van der Waals surface area (Å²) in [6.07, 6.45) is 4.33. The molecule has 30 heavy (non-hydrogen) atoms. The summed E-state index contributed by atoms with van der Waals surface area (Å²) >= 11 is 0. The molecule has 0 saturated heterocycles. The minimum atomic E-state index is -0.363. The lowest BCUT2D eigenvalue weighted by Crippen LogP contribution is -2.14. The second kappa shape index (κ2) is 7.96. The fraction of sp³-hybridized carbons (Fsp3) is 0.0455. The number of fused-ring (bicyclic) bond motifs is 1. The van der Waals surface area contributed by atoms with Crippen molar-refractivity contribution in [2.45, 2.75) is 6.92 Å². The van der Waals surface area contributed by atoms with E-state index >= 15 is 0 Å². The number of nitrogens with zero attached hydrogens (tertiary/aromatic N) is 3. The number of anilines is 3. The van der Waals surface area contributed by atoms with Crippen LogP contribution in [0.5, 0.6) is 0 Å². The molecule has 0 bridgehead atoms. The molecular weight excluding hydrogens is 380 g/mol. The average Bonchev–Trinajstić information content (AvgIpc) is 2.75. The van der Waals surface area contributed by atoms with E-state index in [0.29, 0.717) is 22.6 Å². The molecule has 0 aliphatic carbocycles. The largest absolute Gasteiger partial charge is 0.398 e. The zero-order chi connectivity index (χ0) is 21.1. The number of aryl methyl sites for hydroxylation is 1. The van der Waals surface area contributed by atoms with Crippen LogP contribution in [0.3, 0.4) is 0 Å². The van der Waals surface area contributed by atoms with E-state index in [1.807, 2.05) is 6.92 Å². The molecular formula is C22H18N6O2. The molecule has 8 heteroatoms. The number of benzene rings is 2. The SMILES string of the molecule is Cc1cc(N)c2cc(C(=O)Nc3ccc(NC(=O)c4cnccn4)cc3)ccc2n1. The predicted octanol–water partition coefficient (Wildman–Crippen LogP) is 3.42. The molecule has 4 aromatic rings. The van der Waals surface area contributed by atoms with E-state index in [0.717, 1.165) is 16.6 Å². The lowest BCUT2D eigenvalue weighted by atomic mass is 10.1. The number of nitrogens with two attached hydrogens (primary N) is 1. The van der Waals surface area contributed by atoms with Crippen molar-refractivity contribution in [3.63, 3.8) is 0 Å². The van der Waals surface area contributed by atoms with Crippen molar-refractivity contribution >= 4 is 39.8 Å². The Labute approximate surface area is 172 Å². The Hall–Kier alpha value is -4.33. The van der Waals surface area contributed by atoms with Crippen molar-refractivity contribution in [3.8, 4) is 0 Å². The van der Waals surface area contributed by atoms with Crippen LogP contribution in [0.1, 0.15) is 26.5 Å². The summed E-state index contributed by atoms with van der Waals surface area (Å²) in [5.74, 6) is -0.634. The summed E-state index contributed by atoms with van der Waals surface area (Å²) in [5, 5.41) is 6.29. The van der Waals surface area contributed by atoms with Gasteiger partial charge in [0.15, 0.2) is 0 Å². The van der Waals surface area contributed by atoms with Crippen molar-refractivity contribution in [3.05, 3.63) is 84.1 Å². The van der Waals surface area contributed by atoms with Gasteiger partial charge in [0.1, 0.15) is 5.69 Å². The normalized spacial score (nSPS) is 10.6. The predicted molar refractivity (Wildman–Crippen MR) is 115 cm³/mol. The summed E-state index contributed by atoms with van der Waals surface area (Å²) in [4.78, 5) is 37.0. The van der Waals surface area contributed by atoms with Crippen molar-refractivity contribution in [2.75, 3.05) is 16.4 Å². The van der Waals surface area contributed by atoms with Gasteiger partial charge in [-0.2, -0.15) is 0 Å². The maximum Gasteiger partial charge on any atom is 0.275 e. The van der Waals surface area contributed by atoms with E-state index in [4.69, 9.17) is 5.73 Å². The molecule has 4 N–H and O–H groups in total. The van der Waals surface area contributed by atoms with Crippen molar-refractivity contribution in [1.82, 2.24) is 15.0 Å². The van der Waals surface area contributed by atoms with Crippen LogP contribution in [0, 0.1) is 6.92 Å². The number of pyridine rings is 1. The quantitative estimate of drug-likeness (QED) is 0.484. The molecule has 8 nitrogen and oxygen atoms in total. The number of nitrogens with one attached hydrogen (secondary N) is 2. The first kappa shape index (κ1) is 19.0. The Morgan fingerprint density at radius 2 is 1.60 bits per heavy atom. The minimum absolute atomic E-state index is 0.218. The molecule has 0 radical (unpaired) electrons. The number of hydrogen-bond acceptors (Lipinski definition) is 6. The monoisotopic (exact) mass is 398 g/mol. The first-order chi connectivity index (χ1) is 14.5. The topological polar surface area (TPSA) is 123 Å². The van der Waals surface area contributed by atoms with Crippen LogP contribution in [-0.4, -0.2) is 26.8 Å². The van der Waals surface area contributed by atoms with E-state index in [9.17, 15) is 9.59 Å². The van der Waals surface area contributed by atoms with Gasteiger partial charge in [-0.25, -0.2) is 4.98 Å². The fourth-order valence-corrected chi connectivity index (χ4v) is 2.98. The molecule has 0 fully saturated rings. The van der Waals surface area contributed by atoms with Crippen LogP contribution in [-0.2, 0) is 0 Å². The summed E-state index contributed by atoms with van der Waals surface area (Å²) in [6, 6.07) is 13.8. The highest BCUT2D eigenvalue weighted by atomic mass is 16.2. The van der Waals surface area contributed by atoms with Gasteiger partial charge in [-0.3, -0.25) is 19.6 Å². The Bertz CT molecular complexity index is 1240. The van der Waals surface area contributed by atoms with Gasteiger partial charge >= 0.3 is 0 Å². The first-order valence-electron chi connectivity index (χ1n) is 9.15. The maximum absolute atomic E-state index is 12.6. The highest BCUT2D eigenvalue weighted by Crippen LogP contribution is 2.23. The number of hydrogen-bond donors (Lipinski definition) is 3. The van der Waals surface area contributed by atoms with Crippen LogP contribution in [0.4, 0.5) is 17.1 Å². The molecule has 0 aliphatic rings. The number of carbonyl (C=O) groups excluding carboxylic acids is 2. The lowest BCUT2D eigenvalue weighted by Gasteiger charge is -2.09. The number of aromatic nitrogens is 3. The molecule has 2 aromatic carbocycles. The Morgan fingerprint density at radius 3 is 2.27 bits per heavy atom. The second-order valence-corrected chi connectivity index (χ2v) is 6.66. The lowest BCUT2D eigenvalue weighted by molar-refractivity contribution is 0.101. The van der Waals surface area contributed by atoms with Gasteiger partial charge < -0.3 is 16.4 Å². The molecule has 148 valence electrons. The molecule has 4 rings (SSSR count). The summed E-state index contributed by atoms with van der Waals surface area (Å²) < 4.78 is 0. The zero-order valence-electron chi connectivity index (χ0n) is 16.1. The van der Waals surface area contributed by atoms with Gasteiger partial charge in [0.2, 0.25) is 0 Å². The van der Waals surface area contributed by atoms with Crippen LogP contribution in [0.15, 0.2) is 67.1 Å². The third-order valence-corrected chi connectivity index (χ3v) is 4.43. The van der Waals surface area contributed by atoms with Crippen molar-refractivity contribution < 1.29 is 9.59 Å². The smallest absolute Gasteiger partial charge is 0.275 e. The average molecular weight is 398 g/mol. The van der Waals surface area contributed by atoms with E-state index in [1.54, 1.807) is 48.5 Å². The van der Waals surface area contributed by atoms with E-state index in [2.05, 4.69) is 25.6 Å². The summed E-state index contributed by atoms with van der Waals surface area (Å²) in [6.45, 7) is 1.87. The van der Waals surface area contributed by atoms with Gasteiger partial charge in [0.05, 0.1) is 11.7 Å². The van der Waals surface area contributed by atoms with Crippen LogP contribution in [0.2, 0.25) is 0 Å². The highest BCUT2D eigenvalue weighted by Gasteiger charge is 2.11. The minimum Gasteiger partial charge on any atom is -0.398 e. The first-order valence-corrected chi connectivity index (χ1v) is 9.15. The molecule has 2 heterocycles. The van der Waals surface area contributed by atoms with Crippen molar-refractivity contribution in [2.24, 2.45) is 0 Å². The Morgan fingerprint density at radius 1 is 0.900 bits per heavy atom. The number of carbonyl (C=O) groups is 2. The molecule has 2 amide bonds. The van der Waals surface area contributed by atoms with Crippen molar-refractivity contribution in [1.29, 1.82) is 0 Å². The zero-order valence-corrected chi connectivity index (χ0v) is 16.1. The van der Waals surface area contributed by atoms with Gasteiger partial charge in [-0.05, 0) is 55.5 Å². The molecule has 0 aliphatic heterocycles. The molecule has 0 atom stereocenters. The number of nitrogen functional groups attached to an aromatic ring is 1. The molecule has 0 spiro atoms. The fourth-order valence-electron chi connectivity index (χ4n) is 2.98. The third-order valence-electron chi connectivity index (χ3n) is 4.43. The molecule has 0 unspecified atom stereocenters. The van der Waals surface area contributed by atoms with E-state index < -0.39 is 0 Å². The Balaban J connectivity index is 1.46. The van der Waals surface area contributed by atoms with Gasteiger partial charge in [0, 0.05) is 46.1 Å². The van der Waals surface area contributed by atoms with Gasteiger partial charge in [-0.1, -0.05) is 0 Å². The third kappa shape index (κ3) is 4.07. The molecule has 0 saturated carbocycles. The van der Waals surface area contributed by atoms with Gasteiger partial charge in [0.25, 0.3) is 11.8 Å². The Kier molecular flexibility index (Phi) is 5.04. The highest BCUT2D eigenvalue weighted by molar-refractivity contribution is 6.07. The van der Waals surface area contributed by atoms with Crippen LogP contribution >= 0.6 is 0 Å².